The first-order valence-corrected chi connectivity index (χ1v) is 20.1. The Morgan fingerprint density at radius 3 is 2.02 bits per heavy atom. The smallest absolute Gasteiger partial charge is 0.333 e. The summed E-state index contributed by atoms with van der Waals surface area (Å²) in [7, 11) is -0.565. The Labute approximate surface area is 333 Å². The van der Waals surface area contributed by atoms with Gasteiger partial charge in [-0.05, 0) is 82.8 Å². The lowest BCUT2D eigenvalue weighted by molar-refractivity contribution is -0.197. The van der Waals surface area contributed by atoms with Crippen molar-refractivity contribution in [3.05, 3.63) is 35.9 Å². The van der Waals surface area contributed by atoms with Gasteiger partial charge in [-0.1, -0.05) is 33.8 Å². The van der Waals surface area contributed by atoms with Crippen molar-refractivity contribution in [1.82, 2.24) is 30.6 Å². The zero-order valence-electron chi connectivity index (χ0n) is 33.5. The second kappa shape index (κ2) is 22.4. The first kappa shape index (κ1) is 47.8. The minimum Gasteiger partial charge on any atom is -0.352 e. The maximum absolute atomic E-state index is 13.5. The number of nitrogens with one attached hydrogen (secondary N) is 5. The summed E-state index contributed by atoms with van der Waals surface area (Å²) in [6.45, 7) is 8.96. The SMILES string of the molecule is C/C(=C\C(C(C)C)N(C)C)C(=O)NS(=O)(=O)c1ccc(NC(=O)[C@H](CCCNC(N)=O)NC(=O)[C@@H](NC(=O)CCCCC(=O)ON2C(=O)CCC2=O)C(C)C)cc1. The molecule has 0 radical (unpaired) electrons. The quantitative estimate of drug-likeness (QED) is 0.0547. The van der Waals surface area contributed by atoms with E-state index in [2.05, 4.69) is 26.0 Å². The van der Waals surface area contributed by atoms with E-state index in [9.17, 15) is 46.8 Å². The summed E-state index contributed by atoms with van der Waals surface area (Å²) in [5, 5.41) is 10.8. The normalized spacial score (nSPS) is 14.9. The molecule has 1 heterocycles. The van der Waals surface area contributed by atoms with Crippen molar-refractivity contribution in [3.63, 3.8) is 0 Å². The molecule has 1 unspecified atom stereocenters. The maximum atomic E-state index is 13.5. The molecule has 8 amide bonds. The summed E-state index contributed by atoms with van der Waals surface area (Å²) in [5.41, 5.74) is 5.54. The third-order valence-electron chi connectivity index (χ3n) is 8.82. The molecule has 1 aromatic rings. The molecular formula is C37H56N8O11S. The molecule has 19 nitrogen and oxygen atoms in total. The van der Waals surface area contributed by atoms with Gasteiger partial charge in [0.25, 0.3) is 27.7 Å². The van der Waals surface area contributed by atoms with Gasteiger partial charge < -0.3 is 36.7 Å². The molecule has 0 spiro atoms. The highest BCUT2D eigenvalue weighted by molar-refractivity contribution is 7.90. The molecule has 1 fully saturated rings. The number of likely N-dealkylation sites (N-methyl/N-ethyl adjacent to an activating group) is 1. The molecule has 0 aromatic heterocycles. The Morgan fingerprint density at radius 1 is 0.877 bits per heavy atom. The number of carbonyl (C=O) groups is 8. The van der Waals surface area contributed by atoms with E-state index in [0.717, 1.165) is 0 Å². The highest BCUT2D eigenvalue weighted by Crippen LogP contribution is 2.18. The highest BCUT2D eigenvalue weighted by atomic mass is 32.2. The second-order valence-corrected chi connectivity index (χ2v) is 16.2. The van der Waals surface area contributed by atoms with Crippen molar-refractivity contribution < 1.29 is 51.6 Å². The van der Waals surface area contributed by atoms with Crippen molar-refractivity contribution in [2.75, 3.05) is 26.0 Å². The summed E-state index contributed by atoms with van der Waals surface area (Å²) in [6.07, 6.45) is 2.12. The molecule has 1 aliphatic heterocycles. The number of hydroxylamine groups is 2. The summed E-state index contributed by atoms with van der Waals surface area (Å²) >= 11 is 0. The molecule has 1 aromatic carbocycles. The summed E-state index contributed by atoms with van der Waals surface area (Å²) in [4.78, 5) is 105. The molecule has 1 aliphatic rings. The van der Waals surface area contributed by atoms with Crippen molar-refractivity contribution >= 4 is 63.2 Å². The van der Waals surface area contributed by atoms with E-state index >= 15 is 0 Å². The Hall–Kier alpha value is -5.37. The predicted molar refractivity (Wildman–Crippen MR) is 208 cm³/mol. The molecule has 3 atom stereocenters. The first-order valence-electron chi connectivity index (χ1n) is 18.6. The molecule has 20 heteroatoms. The minimum absolute atomic E-state index is 0.0323. The zero-order chi connectivity index (χ0) is 43.0. The van der Waals surface area contributed by atoms with Crippen LogP contribution in [0.3, 0.4) is 0 Å². The van der Waals surface area contributed by atoms with Crippen LogP contribution in [-0.2, 0) is 48.4 Å². The average molecular weight is 821 g/mol. The Morgan fingerprint density at radius 2 is 1.47 bits per heavy atom. The molecule has 7 N–H and O–H groups in total. The fourth-order valence-corrected chi connectivity index (χ4v) is 6.68. The van der Waals surface area contributed by atoms with Crippen LogP contribution in [0, 0.1) is 11.8 Å². The number of imide groups is 1. The van der Waals surface area contributed by atoms with E-state index < -0.39 is 75.5 Å². The van der Waals surface area contributed by atoms with Crippen molar-refractivity contribution in [2.24, 2.45) is 17.6 Å². The van der Waals surface area contributed by atoms with Gasteiger partial charge in [-0.25, -0.2) is 22.7 Å². The van der Waals surface area contributed by atoms with Gasteiger partial charge in [-0.15, -0.1) is 5.06 Å². The maximum Gasteiger partial charge on any atom is 0.333 e. The van der Waals surface area contributed by atoms with E-state index in [-0.39, 0.29) is 86.0 Å². The standard InChI is InChI=1S/C37H56N8O11S/c1-22(2)28(44(6)7)21-24(5)34(50)43-57(54,55)26-16-14-25(15-17-26)40-35(51)27(11-10-20-39-37(38)53)41-36(52)33(23(3)4)42-29(46)12-8-9-13-32(49)56-45-30(47)18-19-31(45)48/h14-17,21-23,27-28,33H,8-13,18-20H2,1-7H3,(H,40,51)(H,41,52)(H,42,46)(H,43,50)(H3,38,39,53)/b24-21+/t27-,28?,33-/m0/s1. The highest BCUT2D eigenvalue weighted by Gasteiger charge is 2.33. The van der Waals surface area contributed by atoms with Gasteiger partial charge in [-0.3, -0.25) is 28.8 Å². The van der Waals surface area contributed by atoms with E-state index in [1.54, 1.807) is 19.9 Å². The van der Waals surface area contributed by atoms with Crippen LogP contribution in [-0.4, -0.2) is 105 Å². The van der Waals surface area contributed by atoms with Crippen LogP contribution in [0.4, 0.5) is 10.5 Å². The monoisotopic (exact) mass is 820 g/mol. The van der Waals surface area contributed by atoms with Crippen molar-refractivity contribution in [1.29, 1.82) is 0 Å². The largest absolute Gasteiger partial charge is 0.352 e. The first-order chi connectivity index (χ1) is 26.6. The van der Waals surface area contributed by atoms with Gasteiger partial charge in [-0.2, -0.15) is 0 Å². The van der Waals surface area contributed by atoms with Crippen molar-refractivity contribution in [2.45, 2.75) is 109 Å². The lowest BCUT2D eigenvalue weighted by Crippen LogP contribution is -2.54. The van der Waals surface area contributed by atoms with Crippen molar-refractivity contribution in [3.8, 4) is 0 Å². The lowest BCUT2D eigenvalue weighted by Gasteiger charge is -2.25. The topological polar surface area (TPSA) is 273 Å². The van der Waals surface area contributed by atoms with Gasteiger partial charge >= 0.3 is 12.0 Å². The second-order valence-electron chi connectivity index (χ2n) is 14.5. The van der Waals surface area contributed by atoms with Gasteiger partial charge in [0.1, 0.15) is 12.1 Å². The van der Waals surface area contributed by atoms with E-state index in [1.807, 2.05) is 32.8 Å². The van der Waals surface area contributed by atoms with Gasteiger partial charge in [0, 0.05) is 49.5 Å². The number of carbonyl (C=O) groups excluding carboxylic acids is 8. The number of rotatable bonds is 22. The molecule has 0 saturated carbocycles. The van der Waals surface area contributed by atoms with Gasteiger partial charge in [0.15, 0.2) is 0 Å². The number of urea groups is 1. The third-order valence-corrected chi connectivity index (χ3v) is 10.2. The Bertz CT molecular complexity index is 1750. The van der Waals surface area contributed by atoms with Crippen LogP contribution in [0.5, 0.6) is 0 Å². The number of primary amides is 1. The van der Waals surface area contributed by atoms with Crippen LogP contribution < -0.4 is 31.7 Å². The number of hydrogen-bond donors (Lipinski definition) is 6. The van der Waals surface area contributed by atoms with Crippen LogP contribution in [0.2, 0.25) is 0 Å². The summed E-state index contributed by atoms with van der Waals surface area (Å²) in [5.74, 6) is -4.87. The number of nitrogens with zero attached hydrogens (tertiary/aromatic N) is 2. The summed E-state index contributed by atoms with van der Waals surface area (Å²) in [6, 6.07) is 1.93. The number of amides is 8. The molecule has 316 valence electrons. The lowest BCUT2D eigenvalue weighted by atomic mass is 10.0. The number of unbranched alkanes of at least 4 members (excludes halogenated alkanes) is 1. The molecular weight excluding hydrogens is 765 g/mol. The van der Waals surface area contributed by atoms with Gasteiger partial charge in [0.05, 0.1) is 4.90 Å². The molecule has 1 saturated heterocycles. The van der Waals surface area contributed by atoms with Crippen LogP contribution >= 0.6 is 0 Å². The van der Waals surface area contributed by atoms with E-state index in [4.69, 9.17) is 10.6 Å². The average Bonchev–Trinajstić information content (AvgIpc) is 3.43. The third kappa shape index (κ3) is 16.0. The Balaban J connectivity index is 2.06. The minimum atomic E-state index is -4.28. The van der Waals surface area contributed by atoms with Crippen LogP contribution in [0.15, 0.2) is 40.8 Å². The number of benzene rings is 1. The molecule has 57 heavy (non-hydrogen) atoms. The van der Waals surface area contributed by atoms with E-state index in [1.165, 1.54) is 31.2 Å². The number of anilines is 1. The van der Waals surface area contributed by atoms with Gasteiger partial charge in [0.2, 0.25) is 17.7 Å². The number of sulfonamides is 1. The molecule has 0 bridgehead atoms. The summed E-state index contributed by atoms with van der Waals surface area (Å²) < 4.78 is 28.1. The zero-order valence-corrected chi connectivity index (χ0v) is 34.3. The number of nitrogens with two attached hydrogens (primary N) is 1. The van der Waals surface area contributed by atoms with Crippen LogP contribution in [0.25, 0.3) is 0 Å². The molecule has 0 aliphatic carbocycles. The predicted octanol–water partition coefficient (Wildman–Crippen LogP) is 1.20. The number of hydrogen-bond acceptors (Lipinski definition) is 12. The fraction of sp³-hybridized carbons (Fsp3) is 0.568. The van der Waals surface area contributed by atoms with Crippen LogP contribution in [0.1, 0.15) is 86.0 Å². The van der Waals surface area contributed by atoms with E-state index in [0.29, 0.717) is 5.06 Å². The Kier molecular flexibility index (Phi) is 18.8. The molecule has 2 rings (SSSR count). The fourth-order valence-electron chi connectivity index (χ4n) is 5.67.